The molecule has 2 aliphatic rings. The number of hydrogen-bond acceptors (Lipinski definition) is 4. The number of anilines is 1. The third-order valence-electron chi connectivity index (χ3n) is 3.77. The molecular weight excluding hydrogens is 294 g/mol. The van der Waals surface area contributed by atoms with E-state index >= 15 is 0 Å². The molecule has 2 fully saturated rings. The summed E-state index contributed by atoms with van der Waals surface area (Å²) in [7, 11) is 0. The molecule has 3 heterocycles. The molecule has 0 radical (unpaired) electrons. The standard InChI is InChI=1S/C13H18BrN3O/c14-11-1-2-13(15-9-11)17-6-4-16(5-7-17)12-3-8-18-10-12/h1-2,9,12H,3-8,10H2/t12-/m1/s1. The SMILES string of the molecule is Brc1ccc(N2CCN([C@@H]3CCOC3)CC2)nc1. The van der Waals surface area contributed by atoms with Crippen LogP contribution in [0.4, 0.5) is 5.82 Å². The Morgan fingerprint density at radius 1 is 1.22 bits per heavy atom. The predicted molar refractivity (Wildman–Crippen MR) is 74.9 cm³/mol. The van der Waals surface area contributed by atoms with Crippen LogP contribution in [0.3, 0.4) is 0 Å². The van der Waals surface area contributed by atoms with Gasteiger partial charge in [0, 0.05) is 49.5 Å². The second kappa shape index (κ2) is 5.55. The molecule has 4 nitrogen and oxygen atoms in total. The normalized spacial score (nSPS) is 25.6. The highest BCUT2D eigenvalue weighted by Crippen LogP contribution is 2.19. The number of piperazine rings is 1. The van der Waals surface area contributed by atoms with Crippen molar-refractivity contribution in [2.24, 2.45) is 0 Å². The van der Waals surface area contributed by atoms with E-state index in [0.717, 1.165) is 49.7 Å². The highest BCUT2D eigenvalue weighted by Gasteiger charge is 2.26. The maximum absolute atomic E-state index is 5.46. The lowest BCUT2D eigenvalue weighted by Crippen LogP contribution is -2.50. The van der Waals surface area contributed by atoms with Crippen LogP contribution >= 0.6 is 15.9 Å². The summed E-state index contributed by atoms with van der Waals surface area (Å²) >= 11 is 3.42. The first-order valence-corrected chi connectivity index (χ1v) is 7.30. The average Bonchev–Trinajstić information content (AvgIpc) is 2.94. The smallest absolute Gasteiger partial charge is 0.128 e. The van der Waals surface area contributed by atoms with Crippen molar-refractivity contribution in [3.05, 3.63) is 22.8 Å². The number of nitrogens with zero attached hydrogens (tertiary/aromatic N) is 3. The first-order chi connectivity index (χ1) is 8.83. The zero-order valence-electron chi connectivity index (χ0n) is 10.4. The van der Waals surface area contributed by atoms with Gasteiger partial charge in [0.2, 0.25) is 0 Å². The molecule has 2 aliphatic heterocycles. The maximum Gasteiger partial charge on any atom is 0.128 e. The summed E-state index contributed by atoms with van der Waals surface area (Å²) < 4.78 is 6.50. The predicted octanol–water partition coefficient (Wildman–Crippen LogP) is 1.75. The van der Waals surface area contributed by atoms with Crippen LogP contribution in [0.25, 0.3) is 0 Å². The molecule has 1 aromatic heterocycles. The maximum atomic E-state index is 5.46. The van der Waals surface area contributed by atoms with Crippen molar-refractivity contribution in [3.63, 3.8) is 0 Å². The van der Waals surface area contributed by atoms with Crippen molar-refractivity contribution in [3.8, 4) is 0 Å². The zero-order valence-corrected chi connectivity index (χ0v) is 12.0. The average molecular weight is 312 g/mol. The number of halogens is 1. The fraction of sp³-hybridized carbons (Fsp3) is 0.615. The molecule has 3 rings (SSSR count). The highest BCUT2D eigenvalue weighted by atomic mass is 79.9. The number of ether oxygens (including phenoxy) is 1. The van der Waals surface area contributed by atoms with Gasteiger partial charge < -0.3 is 9.64 Å². The van der Waals surface area contributed by atoms with Crippen LogP contribution in [-0.4, -0.2) is 55.3 Å². The molecule has 0 aliphatic carbocycles. The fourth-order valence-electron chi connectivity index (χ4n) is 2.68. The van der Waals surface area contributed by atoms with Crippen LogP contribution < -0.4 is 4.90 Å². The minimum absolute atomic E-state index is 0.644. The second-order valence-corrected chi connectivity index (χ2v) is 5.79. The van der Waals surface area contributed by atoms with Crippen LogP contribution in [0.2, 0.25) is 0 Å². The van der Waals surface area contributed by atoms with E-state index in [4.69, 9.17) is 4.74 Å². The van der Waals surface area contributed by atoms with Crippen LogP contribution in [0, 0.1) is 0 Å². The molecule has 1 atom stereocenters. The molecule has 98 valence electrons. The Hall–Kier alpha value is -0.650. The van der Waals surface area contributed by atoms with Gasteiger partial charge in [0.05, 0.1) is 6.61 Å². The van der Waals surface area contributed by atoms with E-state index in [1.54, 1.807) is 0 Å². The Kier molecular flexibility index (Phi) is 3.82. The van der Waals surface area contributed by atoms with Gasteiger partial charge in [-0.25, -0.2) is 4.98 Å². The molecule has 0 amide bonds. The quantitative estimate of drug-likeness (QED) is 0.832. The van der Waals surface area contributed by atoms with Crippen LogP contribution in [0.5, 0.6) is 0 Å². The van der Waals surface area contributed by atoms with Crippen LogP contribution in [0.15, 0.2) is 22.8 Å². The Bertz CT molecular complexity index is 384. The van der Waals surface area contributed by atoms with Crippen molar-refractivity contribution in [2.45, 2.75) is 12.5 Å². The number of hydrogen-bond donors (Lipinski definition) is 0. The minimum Gasteiger partial charge on any atom is -0.380 e. The number of pyridine rings is 1. The Morgan fingerprint density at radius 2 is 2.06 bits per heavy atom. The molecule has 0 unspecified atom stereocenters. The van der Waals surface area contributed by atoms with Gasteiger partial charge in [-0.2, -0.15) is 0 Å². The van der Waals surface area contributed by atoms with E-state index in [0.29, 0.717) is 6.04 Å². The van der Waals surface area contributed by atoms with Gasteiger partial charge in [-0.1, -0.05) is 0 Å². The molecule has 0 bridgehead atoms. The first kappa shape index (κ1) is 12.4. The summed E-state index contributed by atoms with van der Waals surface area (Å²) in [6.07, 6.45) is 3.06. The third kappa shape index (κ3) is 2.68. The lowest BCUT2D eigenvalue weighted by atomic mass is 10.2. The summed E-state index contributed by atoms with van der Waals surface area (Å²) in [6.45, 7) is 6.20. The summed E-state index contributed by atoms with van der Waals surface area (Å²) in [5.41, 5.74) is 0. The Morgan fingerprint density at radius 3 is 2.67 bits per heavy atom. The van der Waals surface area contributed by atoms with Gasteiger partial charge in [0.15, 0.2) is 0 Å². The highest BCUT2D eigenvalue weighted by molar-refractivity contribution is 9.10. The minimum atomic E-state index is 0.644. The lowest BCUT2D eigenvalue weighted by molar-refractivity contribution is 0.139. The molecular formula is C13H18BrN3O. The largest absolute Gasteiger partial charge is 0.380 e. The van der Waals surface area contributed by atoms with Crippen LogP contribution in [-0.2, 0) is 4.74 Å². The summed E-state index contributed by atoms with van der Waals surface area (Å²) in [5.74, 6) is 1.08. The fourth-order valence-corrected chi connectivity index (χ4v) is 2.92. The summed E-state index contributed by atoms with van der Waals surface area (Å²) in [4.78, 5) is 9.38. The molecule has 18 heavy (non-hydrogen) atoms. The van der Waals surface area contributed by atoms with Gasteiger partial charge in [-0.05, 0) is 34.5 Å². The van der Waals surface area contributed by atoms with Crippen molar-refractivity contribution >= 4 is 21.7 Å². The van der Waals surface area contributed by atoms with Gasteiger partial charge >= 0.3 is 0 Å². The summed E-state index contributed by atoms with van der Waals surface area (Å²) in [5, 5.41) is 0. The molecule has 0 aromatic carbocycles. The van der Waals surface area contributed by atoms with Gasteiger partial charge in [0.1, 0.15) is 5.82 Å². The van der Waals surface area contributed by atoms with Gasteiger partial charge in [-0.3, -0.25) is 4.90 Å². The van der Waals surface area contributed by atoms with Crippen molar-refractivity contribution in [1.29, 1.82) is 0 Å². The van der Waals surface area contributed by atoms with Crippen molar-refractivity contribution < 1.29 is 4.74 Å². The Balaban J connectivity index is 1.57. The number of rotatable bonds is 2. The lowest BCUT2D eigenvalue weighted by Gasteiger charge is -2.38. The number of aromatic nitrogens is 1. The molecule has 5 heteroatoms. The topological polar surface area (TPSA) is 28.6 Å². The Labute approximate surface area is 116 Å². The van der Waals surface area contributed by atoms with E-state index in [9.17, 15) is 0 Å². The monoisotopic (exact) mass is 311 g/mol. The van der Waals surface area contributed by atoms with Gasteiger partial charge in [-0.15, -0.1) is 0 Å². The molecule has 2 saturated heterocycles. The molecule has 0 saturated carbocycles. The van der Waals surface area contributed by atoms with E-state index in [-0.39, 0.29) is 0 Å². The van der Waals surface area contributed by atoms with E-state index < -0.39 is 0 Å². The third-order valence-corrected chi connectivity index (χ3v) is 4.24. The second-order valence-electron chi connectivity index (χ2n) is 4.88. The van der Waals surface area contributed by atoms with Crippen molar-refractivity contribution in [1.82, 2.24) is 9.88 Å². The molecule has 0 N–H and O–H groups in total. The zero-order chi connectivity index (χ0) is 12.4. The van der Waals surface area contributed by atoms with Crippen LogP contribution in [0.1, 0.15) is 6.42 Å². The van der Waals surface area contributed by atoms with E-state index in [2.05, 4.69) is 42.8 Å². The molecule has 1 aromatic rings. The summed E-state index contributed by atoms with van der Waals surface area (Å²) in [6, 6.07) is 4.78. The first-order valence-electron chi connectivity index (χ1n) is 6.51. The van der Waals surface area contributed by atoms with Gasteiger partial charge in [0.25, 0.3) is 0 Å². The van der Waals surface area contributed by atoms with Crippen molar-refractivity contribution in [2.75, 3.05) is 44.3 Å². The van der Waals surface area contributed by atoms with E-state index in [1.807, 2.05) is 6.20 Å². The molecule has 0 spiro atoms. The van der Waals surface area contributed by atoms with E-state index in [1.165, 1.54) is 6.42 Å².